The summed E-state index contributed by atoms with van der Waals surface area (Å²) in [6.45, 7) is 3.60. The fourth-order valence-electron chi connectivity index (χ4n) is 0.774. The Morgan fingerprint density at radius 2 is 2.55 bits per heavy atom. The van der Waals surface area contributed by atoms with Gasteiger partial charge in [-0.25, -0.2) is 4.98 Å². The molecule has 1 rings (SSSR count). The summed E-state index contributed by atoms with van der Waals surface area (Å²) >= 11 is 3.38. The molecule has 58 valence electrons. The number of rotatable bonds is 2. The van der Waals surface area contributed by atoms with E-state index in [9.17, 15) is 0 Å². The highest BCUT2D eigenvalue weighted by molar-refractivity contribution is 9.15. The zero-order chi connectivity index (χ0) is 8.27. The molecule has 0 saturated carbocycles. The predicted octanol–water partition coefficient (Wildman–Crippen LogP) is 2.34. The molecule has 1 aromatic heterocycles. The van der Waals surface area contributed by atoms with E-state index < -0.39 is 0 Å². The topological polar surface area (TPSA) is 17.8 Å². The highest BCUT2D eigenvalue weighted by Gasteiger charge is 2.00. The lowest BCUT2D eigenvalue weighted by Crippen LogP contribution is -1.91. The minimum absolute atomic E-state index is 0.907. The fraction of sp³-hybridized carbons (Fsp3) is 0.125. The van der Waals surface area contributed by atoms with Gasteiger partial charge in [0.05, 0.1) is 4.48 Å². The third-order valence-electron chi connectivity index (χ3n) is 1.30. The predicted molar refractivity (Wildman–Crippen MR) is 50.3 cm³/mol. The molecule has 3 heteroatoms. The van der Waals surface area contributed by atoms with E-state index in [0.717, 1.165) is 10.3 Å². The van der Waals surface area contributed by atoms with Crippen molar-refractivity contribution in [3.8, 4) is 0 Å². The molecular formula is C8H9BrN2. The van der Waals surface area contributed by atoms with Crippen molar-refractivity contribution >= 4 is 20.4 Å². The van der Waals surface area contributed by atoms with E-state index in [2.05, 4.69) is 27.5 Å². The third kappa shape index (κ3) is 1.80. The van der Waals surface area contributed by atoms with Gasteiger partial charge in [-0.3, -0.25) is 0 Å². The standard InChI is InChI=1S/C8H9BrN2/c1-3-4-7(9)8-10-5-6-11(8)2/h3-6H,1H2,2H3/b7-4+. The lowest BCUT2D eigenvalue weighted by Gasteiger charge is -1.97. The Labute approximate surface area is 74.4 Å². The van der Waals surface area contributed by atoms with Gasteiger partial charge in [0, 0.05) is 19.4 Å². The van der Waals surface area contributed by atoms with Crippen molar-refractivity contribution in [3.05, 3.63) is 36.9 Å². The molecule has 1 heterocycles. The first-order valence-electron chi connectivity index (χ1n) is 3.21. The summed E-state index contributed by atoms with van der Waals surface area (Å²) in [6.07, 6.45) is 7.24. The number of allylic oxidation sites excluding steroid dienone is 2. The van der Waals surface area contributed by atoms with Crippen LogP contribution >= 0.6 is 15.9 Å². The lowest BCUT2D eigenvalue weighted by molar-refractivity contribution is 0.896. The molecule has 0 saturated heterocycles. The molecular weight excluding hydrogens is 204 g/mol. The molecule has 0 N–H and O–H groups in total. The summed E-state index contributed by atoms with van der Waals surface area (Å²) in [5.41, 5.74) is 0. The van der Waals surface area contributed by atoms with Crippen LogP contribution in [0, 0.1) is 0 Å². The minimum atomic E-state index is 0.907. The van der Waals surface area contributed by atoms with Crippen LogP contribution in [0.2, 0.25) is 0 Å². The summed E-state index contributed by atoms with van der Waals surface area (Å²) in [5, 5.41) is 0. The van der Waals surface area contributed by atoms with Gasteiger partial charge in [-0.05, 0) is 22.0 Å². The van der Waals surface area contributed by atoms with Crippen LogP contribution in [-0.2, 0) is 7.05 Å². The summed E-state index contributed by atoms with van der Waals surface area (Å²) in [5.74, 6) is 0.907. The van der Waals surface area contributed by atoms with Crippen molar-refractivity contribution in [1.82, 2.24) is 9.55 Å². The summed E-state index contributed by atoms with van der Waals surface area (Å²) in [6, 6.07) is 0. The average Bonchev–Trinajstić information content (AvgIpc) is 2.36. The molecule has 11 heavy (non-hydrogen) atoms. The molecule has 0 aliphatic carbocycles. The Morgan fingerprint density at radius 3 is 3.00 bits per heavy atom. The van der Waals surface area contributed by atoms with Crippen molar-refractivity contribution in [3.63, 3.8) is 0 Å². The highest BCUT2D eigenvalue weighted by atomic mass is 79.9. The van der Waals surface area contributed by atoms with E-state index in [-0.39, 0.29) is 0 Å². The van der Waals surface area contributed by atoms with Crippen LogP contribution in [0.15, 0.2) is 31.1 Å². The number of imidazole rings is 1. The number of hydrogen-bond acceptors (Lipinski definition) is 1. The van der Waals surface area contributed by atoms with E-state index in [0.29, 0.717) is 0 Å². The first-order valence-corrected chi connectivity index (χ1v) is 4.01. The molecule has 0 unspecified atom stereocenters. The molecule has 0 aliphatic heterocycles. The molecule has 0 fully saturated rings. The fourth-order valence-corrected chi connectivity index (χ4v) is 1.34. The van der Waals surface area contributed by atoms with Gasteiger partial charge < -0.3 is 4.57 Å². The summed E-state index contributed by atoms with van der Waals surface area (Å²) < 4.78 is 2.88. The van der Waals surface area contributed by atoms with Gasteiger partial charge >= 0.3 is 0 Å². The lowest BCUT2D eigenvalue weighted by atomic mass is 10.4. The Hall–Kier alpha value is -0.830. The molecule has 0 bridgehead atoms. The maximum absolute atomic E-state index is 4.13. The average molecular weight is 213 g/mol. The zero-order valence-electron chi connectivity index (χ0n) is 6.29. The number of nitrogens with zero attached hydrogens (tertiary/aromatic N) is 2. The van der Waals surface area contributed by atoms with Crippen molar-refractivity contribution in [2.75, 3.05) is 0 Å². The SMILES string of the molecule is C=C/C=C(/Br)c1nccn1C. The zero-order valence-corrected chi connectivity index (χ0v) is 7.87. The quantitative estimate of drug-likeness (QED) is 0.689. The van der Waals surface area contributed by atoms with Crippen molar-refractivity contribution in [2.45, 2.75) is 0 Å². The van der Waals surface area contributed by atoms with Crippen molar-refractivity contribution in [1.29, 1.82) is 0 Å². The second kappa shape index (κ2) is 3.53. The first kappa shape index (κ1) is 8.27. The number of aryl methyl sites for hydroxylation is 1. The molecule has 2 nitrogen and oxygen atoms in total. The smallest absolute Gasteiger partial charge is 0.146 e. The summed E-state index contributed by atoms with van der Waals surface area (Å²) in [4.78, 5) is 4.13. The summed E-state index contributed by atoms with van der Waals surface area (Å²) in [7, 11) is 1.94. The highest BCUT2D eigenvalue weighted by Crippen LogP contribution is 2.17. The molecule has 0 spiro atoms. The van der Waals surface area contributed by atoms with Gasteiger partial charge in [0.2, 0.25) is 0 Å². The van der Waals surface area contributed by atoms with Gasteiger partial charge in [-0.1, -0.05) is 12.7 Å². The minimum Gasteiger partial charge on any atom is -0.334 e. The van der Waals surface area contributed by atoms with Crippen molar-refractivity contribution in [2.24, 2.45) is 7.05 Å². The second-order valence-corrected chi connectivity index (χ2v) is 2.97. The number of aromatic nitrogens is 2. The second-order valence-electron chi connectivity index (χ2n) is 2.11. The molecule has 0 aromatic carbocycles. The van der Waals surface area contributed by atoms with E-state index in [1.165, 1.54) is 0 Å². The van der Waals surface area contributed by atoms with Crippen LogP contribution in [0.4, 0.5) is 0 Å². The normalized spacial score (nSPS) is 11.6. The molecule has 0 radical (unpaired) electrons. The van der Waals surface area contributed by atoms with Crippen LogP contribution in [0.3, 0.4) is 0 Å². The Bertz CT molecular complexity index is 286. The molecule has 0 atom stereocenters. The maximum Gasteiger partial charge on any atom is 0.146 e. The first-order chi connectivity index (χ1) is 5.25. The third-order valence-corrected chi connectivity index (χ3v) is 1.92. The van der Waals surface area contributed by atoms with Crippen LogP contribution in [0.25, 0.3) is 4.48 Å². The Balaban J connectivity index is 3.01. The van der Waals surface area contributed by atoms with Crippen molar-refractivity contribution < 1.29 is 0 Å². The van der Waals surface area contributed by atoms with E-state index in [1.54, 1.807) is 12.3 Å². The van der Waals surface area contributed by atoms with Crippen LogP contribution < -0.4 is 0 Å². The van der Waals surface area contributed by atoms with Gasteiger partial charge in [-0.2, -0.15) is 0 Å². The van der Waals surface area contributed by atoms with Gasteiger partial charge in [0.15, 0.2) is 0 Å². The van der Waals surface area contributed by atoms with E-state index in [1.807, 2.05) is 23.9 Å². The van der Waals surface area contributed by atoms with Gasteiger partial charge in [0.1, 0.15) is 5.82 Å². The molecule has 0 amide bonds. The van der Waals surface area contributed by atoms with Crippen LogP contribution in [0.5, 0.6) is 0 Å². The number of halogens is 1. The van der Waals surface area contributed by atoms with Gasteiger partial charge in [-0.15, -0.1) is 0 Å². The van der Waals surface area contributed by atoms with E-state index >= 15 is 0 Å². The van der Waals surface area contributed by atoms with Gasteiger partial charge in [0.25, 0.3) is 0 Å². The Morgan fingerprint density at radius 1 is 1.82 bits per heavy atom. The van der Waals surface area contributed by atoms with E-state index in [4.69, 9.17) is 0 Å². The molecule has 1 aromatic rings. The van der Waals surface area contributed by atoms with Crippen LogP contribution in [-0.4, -0.2) is 9.55 Å². The molecule has 0 aliphatic rings. The largest absolute Gasteiger partial charge is 0.334 e. The maximum atomic E-state index is 4.13. The Kier molecular flexibility index (Phi) is 2.65. The monoisotopic (exact) mass is 212 g/mol. The van der Waals surface area contributed by atoms with Crippen LogP contribution in [0.1, 0.15) is 5.82 Å². The number of hydrogen-bond donors (Lipinski definition) is 0.